The lowest BCUT2D eigenvalue weighted by atomic mass is 10.1. The third-order valence-corrected chi connectivity index (χ3v) is 4.64. The van der Waals surface area contributed by atoms with Crippen LogP contribution in [-0.2, 0) is 10.5 Å². The number of ether oxygens (including phenoxy) is 1. The molecule has 4 rings (SSSR count). The number of hydrogen-bond acceptors (Lipinski definition) is 9. The molecular formula is C19H21N9O2. The molecule has 0 spiro atoms. The SMILES string of the molecule is CCCOC(O)(c1nnnn1-c1ccncc1)c1nnnn1C(C)c1ccccc1. The topological polar surface area (TPSA) is 130 Å². The van der Waals surface area contributed by atoms with Crippen LogP contribution < -0.4 is 0 Å². The van der Waals surface area contributed by atoms with E-state index in [0.717, 1.165) is 5.56 Å². The van der Waals surface area contributed by atoms with Crippen molar-refractivity contribution < 1.29 is 9.84 Å². The summed E-state index contributed by atoms with van der Waals surface area (Å²) in [6, 6.07) is 12.9. The first-order valence-electron chi connectivity index (χ1n) is 9.54. The van der Waals surface area contributed by atoms with Crippen molar-refractivity contribution in [2.75, 3.05) is 6.61 Å². The maximum absolute atomic E-state index is 11.7. The van der Waals surface area contributed by atoms with Gasteiger partial charge in [0.05, 0.1) is 18.3 Å². The number of pyridine rings is 1. The van der Waals surface area contributed by atoms with E-state index in [0.29, 0.717) is 12.1 Å². The molecule has 4 aromatic rings. The monoisotopic (exact) mass is 407 g/mol. The van der Waals surface area contributed by atoms with Crippen molar-refractivity contribution in [3.05, 3.63) is 72.1 Å². The van der Waals surface area contributed by atoms with Crippen molar-refractivity contribution in [3.8, 4) is 5.69 Å². The van der Waals surface area contributed by atoms with Gasteiger partial charge in [-0.3, -0.25) is 4.98 Å². The molecule has 3 heterocycles. The fraction of sp³-hybridized carbons (Fsp3) is 0.316. The Bertz CT molecular complexity index is 1080. The lowest BCUT2D eigenvalue weighted by molar-refractivity contribution is -0.195. The predicted molar refractivity (Wildman–Crippen MR) is 104 cm³/mol. The number of aliphatic hydroxyl groups is 1. The van der Waals surface area contributed by atoms with Crippen LogP contribution >= 0.6 is 0 Å². The highest BCUT2D eigenvalue weighted by molar-refractivity contribution is 5.30. The second-order valence-corrected chi connectivity index (χ2v) is 6.65. The molecule has 0 amide bonds. The summed E-state index contributed by atoms with van der Waals surface area (Å²) < 4.78 is 8.76. The average molecular weight is 407 g/mol. The highest BCUT2D eigenvalue weighted by atomic mass is 16.6. The van der Waals surface area contributed by atoms with Crippen LogP contribution in [0.5, 0.6) is 0 Å². The molecule has 1 N–H and O–H groups in total. The first-order valence-corrected chi connectivity index (χ1v) is 9.54. The van der Waals surface area contributed by atoms with Crippen LogP contribution in [0.25, 0.3) is 5.69 Å². The summed E-state index contributed by atoms with van der Waals surface area (Å²) in [6.45, 7) is 4.11. The van der Waals surface area contributed by atoms with E-state index in [-0.39, 0.29) is 24.3 Å². The standard InChI is InChI=1S/C19H21N9O2/c1-3-13-30-19(29,18-22-24-26-28(18)16-9-11-20-12-10-16)17-21-23-25-27(17)14(2)15-7-5-4-6-8-15/h4-12,14,29H,3,13H2,1-2H3. The molecule has 0 fully saturated rings. The van der Waals surface area contributed by atoms with Crippen molar-refractivity contribution in [1.82, 2.24) is 45.4 Å². The molecule has 0 saturated carbocycles. The Morgan fingerprint density at radius 2 is 1.70 bits per heavy atom. The molecule has 0 aliphatic carbocycles. The van der Waals surface area contributed by atoms with Gasteiger partial charge in [0.25, 0.3) is 5.79 Å². The van der Waals surface area contributed by atoms with Crippen LogP contribution in [0.3, 0.4) is 0 Å². The third-order valence-electron chi connectivity index (χ3n) is 4.64. The van der Waals surface area contributed by atoms with Crippen LogP contribution in [0.1, 0.15) is 43.5 Å². The Labute approximate surface area is 172 Å². The Morgan fingerprint density at radius 3 is 2.43 bits per heavy atom. The molecule has 30 heavy (non-hydrogen) atoms. The first kappa shape index (κ1) is 19.7. The van der Waals surface area contributed by atoms with E-state index in [9.17, 15) is 5.11 Å². The lowest BCUT2D eigenvalue weighted by Gasteiger charge is -2.27. The van der Waals surface area contributed by atoms with E-state index in [2.05, 4.69) is 36.0 Å². The molecular weight excluding hydrogens is 386 g/mol. The molecule has 0 radical (unpaired) electrons. The highest BCUT2D eigenvalue weighted by Gasteiger charge is 2.45. The Balaban J connectivity index is 1.83. The molecule has 0 aliphatic rings. The van der Waals surface area contributed by atoms with Crippen molar-refractivity contribution >= 4 is 0 Å². The number of hydrogen-bond donors (Lipinski definition) is 1. The average Bonchev–Trinajstić information content (AvgIpc) is 3.49. The molecule has 154 valence electrons. The third kappa shape index (κ3) is 3.55. The molecule has 11 heteroatoms. The Morgan fingerprint density at radius 1 is 1.00 bits per heavy atom. The highest BCUT2D eigenvalue weighted by Crippen LogP contribution is 2.31. The largest absolute Gasteiger partial charge is 0.353 e. The predicted octanol–water partition coefficient (Wildman–Crippen LogP) is 1.27. The van der Waals surface area contributed by atoms with Crippen molar-refractivity contribution in [2.24, 2.45) is 0 Å². The quantitative estimate of drug-likeness (QED) is 0.429. The van der Waals surface area contributed by atoms with Gasteiger partial charge in [-0.15, -0.1) is 10.2 Å². The minimum Gasteiger partial charge on any atom is -0.353 e. The maximum atomic E-state index is 11.7. The van der Waals surface area contributed by atoms with Gasteiger partial charge in [-0.2, -0.15) is 4.68 Å². The summed E-state index contributed by atoms with van der Waals surface area (Å²) in [6.07, 6.45) is 3.87. The summed E-state index contributed by atoms with van der Waals surface area (Å²) in [4.78, 5) is 4.01. The number of nitrogens with zero attached hydrogens (tertiary/aromatic N) is 9. The zero-order chi connectivity index (χ0) is 21.0. The second-order valence-electron chi connectivity index (χ2n) is 6.65. The van der Waals surface area contributed by atoms with Crippen molar-refractivity contribution in [3.63, 3.8) is 0 Å². The Kier molecular flexibility index (Phi) is 5.55. The molecule has 2 atom stereocenters. The lowest BCUT2D eigenvalue weighted by Crippen LogP contribution is -2.38. The van der Waals surface area contributed by atoms with E-state index in [1.54, 1.807) is 24.5 Å². The second kappa shape index (κ2) is 8.43. The summed E-state index contributed by atoms with van der Waals surface area (Å²) in [7, 11) is 0. The molecule has 0 saturated heterocycles. The fourth-order valence-electron chi connectivity index (χ4n) is 3.09. The number of rotatable bonds is 8. The van der Waals surface area contributed by atoms with Gasteiger partial charge in [0, 0.05) is 12.4 Å². The summed E-state index contributed by atoms with van der Waals surface area (Å²) in [5.41, 5.74) is 1.58. The van der Waals surface area contributed by atoms with Gasteiger partial charge in [-0.1, -0.05) is 37.3 Å². The van der Waals surface area contributed by atoms with Gasteiger partial charge < -0.3 is 9.84 Å². The minimum atomic E-state index is -2.07. The van der Waals surface area contributed by atoms with Gasteiger partial charge in [0.15, 0.2) is 0 Å². The van der Waals surface area contributed by atoms with E-state index in [1.807, 2.05) is 44.2 Å². The van der Waals surface area contributed by atoms with E-state index in [1.165, 1.54) is 9.36 Å². The van der Waals surface area contributed by atoms with Crippen LogP contribution in [0, 0.1) is 0 Å². The number of aromatic nitrogens is 9. The fourth-order valence-corrected chi connectivity index (χ4v) is 3.09. The first-order chi connectivity index (χ1) is 14.6. The van der Waals surface area contributed by atoms with Gasteiger partial charge in [-0.05, 0) is 51.9 Å². The zero-order valence-electron chi connectivity index (χ0n) is 16.6. The van der Waals surface area contributed by atoms with Crippen molar-refractivity contribution in [1.29, 1.82) is 0 Å². The van der Waals surface area contributed by atoms with Crippen LogP contribution in [0.4, 0.5) is 0 Å². The smallest absolute Gasteiger partial charge is 0.294 e. The van der Waals surface area contributed by atoms with E-state index >= 15 is 0 Å². The van der Waals surface area contributed by atoms with Gasteiger partial charge >= 0.3 is 0 Å². The summed E-state index contributed by atoms with van der Waals surface area (Å²) >= 11 is 0. The van der Waals surface area contributed by atoms with Gasteiger partial charge in [0.2, 0.25) is 11.6 Å². The summed E-state index contributed by atoms with van der Waals surface area (Å²) in [5.74, 6) is -1.95. The molecule has 1 aromatic carbocycles. The summed E-state index contributed by atoms with van der Waals surface area (Å²) in [5, 5.41) is 35.5. The van der Waals surface area contributed by atoms with Crippen molar-refractivity contribution in [2.45, 2.75) is 32.1 Å². The zero-order valence-corrected chi connectivity index (χ0v) is 16.6. The van der Waals surface area contributed by atoms with Crippen LogP contribution in [-0.4, -0.2) is 57.1 Å². The van der Waals surface area contributed by atoms with Crippen LogP contribution in [0.15, 0.2) is 54.9 Å². The molecule has 11 nitrogen and oxygen atoms in total. The molecule has 0 bridgehead atoms. The molecule has 3 aromatic heterocycles. The van der Waals surface area contributed by atoms with Gasteiger partial charge in [-0.25, -0.2) is 4.68 Å². The maximum Gasteiger partial charge on any atom is 0.294 e. The molecule has 0 aliphatic heterocycles. The van der Waals surface area contributed by atoms with E-state index in [4.69, 9.17) is 4.74 Å². The van der Waals surface area contributed by atoms with Gasteiger partial charge in [0.1, 0.15) is 0 Å². The normalized spacial score (nSPS) is 14.4. The number of benzene rings is 1. The van der Waals surface area contributed by atoms with Crippen LogP contribution in [0.2, 0.25) is 0 Å². The Hall–Kier alpha value is -3.57. The minimum absolute atomic E-state index is 0.0402. The van der Waals surface area contributed by atoms with E-state index < -0.39 is 5.79 Å². The number of tetrazole rings is 2. The molecule has 2 unspecified atom stereocenters.